The van der Waals surface area contributed by atoms with E-state index in [9.17, 15) is 9.59 Å². The molecular formula is C19H32N2O2. The van der Waals surface area contributed by atoms with Crippen LogP contribution in [0.1, 0.15) is 59.8 Å². The summed E-state index contributed by atoms with van der Waals surface area (Å²) in [6, 6.07) is 0. The average Bonchev–Trinajstić information content (AvgIpc) is 3.06. The van der Waals surface area contributed by atoms with Gasteiger partial charge in [-0.2, -0.15) is 0 Å². The Balaban J connectivity index is 1.71. The molecule has 1 saturated heterocycles. The largest absolute Gasteiger partial charge is 0.356 e. The van der Waals surface area contributed by atoms with Crippen molar-refractivity contribution in [3.63, 3.8) is 0 Å². The summed E-state index contributed by atoms with van der Waals surface area (Å²) in [5.74, 6) is 0.900. The lowest BCUT2D eigenvalue weighted by Gasteiger charge is -2.20. The van der Waals surface area contributed by atoms with Gasteiger partial charge in [0.15, 0.2) is 0 Å². The van der Waals surface area contributed by atoms with Crippen LogP contribution in [-0.4, -0.2) is 36.3 Å². The van der Waals surface area contributed by atoms with Gasteiger partial charge in [-0.05, 0) is 44.4 Å². The molecule has 0 radical (unpaired) electrons. The number of carbonyl (C=O) groups excluding carboxylic acids is 2. The molecule has 4 nitrogen and oxygen atoms in total. The number of hydrogen-bond donors (Lipinski definition) is 1. The van der Waals surface area contributed by atoms with Crippen LogP contribution in [0, 0.1) is 17.3 Å². The van der Waals surface area contributed by atoms with E-state index in [1.54, 1.807) is 0 Å². The summed E-state index contributed by atoms with van der Waals surface area (Å²) in [6.45, 7) is 10.8. The van der Waals surface area contributed by atoms with Gasteiger partial charge in [-0.1, -0.05) is 31.9 Å². The number of allylic oxidation sites excluding steroid dienone is 2. The lowest BCUT2D eigenvalue weighted by molar-refractivity contribution is -0.130. The third-order valence-corrected chi connectivity index (χ3v) is 5.28. The summed E-state index contributed by atoms with van der Waals surface area (Å²) >= 11 is 0. The molecular weight excluding hydrogens is 288 g/mol. The molecule has 0 aromatic carbocycles. The molecule has 0 aromatic rings. The maximum absolute atomic E-state index is 12.4. The molecule has 2 amide bonds. The summed E-state index contributed by atoms with van der Waals surface area (Å²) in [5.41, 5.74) is 1.35. The highest BCUT2D eigenvalue weighted by Crippen LogP contribution is 2.59. The molecule has 1 N–H and O–H groups in total. The normalized spacial score (nSPS) is 26.4. The first-order chi connectivity index (χ1) is 10.8. The van der Waals surface area contributed by atoms with Gasteiger partial charge >= 0.3 is 0 Å². The van der Waals surface area contributed by atoms with Crippen LogP contribution in [0.3, 0.4) is 0 Å². The first-order valence-electron chi connectivity index (χ1n) is 9.04. The minimum absolute atomic E-state index is 0.0715. The highest BCUT2D eigenvalue weighted by molar-refractivity contribution is 5.83. The highest BCUT2D eigenvalue weighted by atomic mass is 16.2. The van der Waals surface area contributed by atoms with Crippen LogP contribution in [-0.2, 0) is 9.59 Å². The molecule has 1 aliphatic carbocycles. The lowest BCUT2D eigenvalue weighted by Crippen LogP contribution is -2.34. The molecule has 23 heavy (non-hydrogen) atoms. The number of amides is 2. The van der Waals surface area contributed by atoms with Gasteiger partial charge < -0.3 is 10.2 Å². The fraction of sp³-hybridized carbons (Fsp3) is 0.789. The minimum atomic E-state index is 0.0715. The Kier molecular flexibility index (Phi) is 5.88. The summed E-state index contributed by atoms with van der Waals surface area (Å²) in [5, 5.41) is 3.07. The fourth-order valence-corrected chi connectivity index (χ4v) is 3.72. The molecule has 130 valence electrons. The Morgan fingerprint density at radius 3 is 2.74 bits per heavy atom. The van der Waals surface area contributed by atoms with Crippen molar-refractivity contribution in [3.8, 4) is 0 Å². The SMILES string of the molecule is CC(C)=CC1C(C(=O)NCCCN2CCCCCC2=O)C1(C)C. The van der Waals surface area contributed by atoms with Gasteiger partial charge in [0.05, 0.1) is 5.92 Å². The van der Waals surface area contributed by atoms with Crippen molar-refractivity contribution in [2.45, 2.75) is 59.8 Å². The van der Waals surface area contributed by atoms with Crippen LogP contribution in [0.25, 0.3) is 0 Å². The first-order valence-corrected chi connectivity index (χ1v) is 9.04. The van der Waals surface area contributed by atoms with Crippen molar-refractivity contribution in [2.75, 3.05) is 19.6 Å². The van der Waals surface area contributed by atoms with E-state index >= 15 is 0 Å². The Morgan fingerprint density at radius 2 is 2.04 bits per heavy atom. The van der Waals surface area contributed by atoms with Gasteiger partial charge in [0, 0.05) is 26.1 Å². The molecule has 2 atom stereocenters. The second kappa shape index (κ2) is 7.50. The molecule has 0 bridgehead atoms. The number of carbonyl (C=O) groups is 2. The van der Waals surface area contributed by atoms with Gasteiger partial charge in [0.25, 0.3) is 0 Å². The van der Waals surface area contributed by atoms with E-state index in [1.165, 1.54) is 5.57 Å². The molecule has 0 aromatic heterocycles. The Labute approximate surface area is 140 Å². The standard InChI is InChI=1S/C19H32N2O2/c1-14(2)13-15-17(19(15,3)4)18(23)20-10-8-12-21-11-7-5-6-9-16(21)22/h13,15,17H,5-12H2,1-4H3,(H,20,23). The summed E-state index contributed by atoms with van der Waals surface area (Å²) in [7, 11) is 0. The highest BCUT2D eigenvalue weighted by Gasteiger charge is 2.60. The Bertz CT molecular complexity index is 478. The number of nitrogens with zero attached hydrogens (tertiary/aromatic N) is 1. The summed E-state index contributed by atoms with van der Waals surface area (Å²) in [4.78, 5) is 26.3. The second-order valence-electron chi connectivity index (χ2n) is 7.90. The van der Waals surface area contributed by atoms with Crippen LogP contribution in [0.15, 0.2) is 11.6 Å². The maximum Gasteiger partial charge on any atom is 0.224 e. The molecule has 2 aliphatic rings. The van der Waals surface area contributed by atoms with Crippen molar-refractivity contribution >= 4 is 11.8 Å². The van der Waals surface area contributed by atoms with Gasteiger partial charge in [0.1, 0.15) is 0 Å². The molecule has 2 unspecified atom stereocenters. The zero-order chi connectivity index (χ0) is 17.0. The molecule has 1 heterocycles. The van der Waals surface area contributed by atoms with E-state index in [4.69, 9.17) is 0 Å². The van der Waals surface area contributed by atoms with Crippen molar-refractivity contribution in [1.82, 2.24) is 10.2 Å². The molecule has 2 rings (SSSR count). The first kappa shape index (κ1) is 18.0. The summed E-state index contributed by atoms with van der Waals surface area (Å²) in [6.07, 6.45) is 7.04. The molecule has 0 spiro atoms. The van der Waals surface area contributed by atoms with Crippen molar-refractivity contribution < 1.29 is 9.59 Å². The predicted octanol–water partition coefficient (Wildman–Crippen LogP) is 3.13. The molecule has 4 heteroatoms. The van der Waals surface area contributed by atoms with Crippen LogP contribution in [0.2, 0.25) is 0 Å². The zero-order valence-corrected chi connectivity index (χ0v) is 15.2. The van der Waals surface area contributed by atoms with E-state index in [-0.39, 0.29) is 23.1 Å². The van der Waals surface area contributed by atoms with E-state index in [0.29, 0.717) is 18.9 Å². The average molecular weight is 320 g/mol. The zero-order valence-electron chi connectivity index (χ0n) is 15.2. The van der Waals surface area contributed by atoms with Gasteiger partial charge in [-0.25, -0.2) is 0 Å². The Hall–Kier alpha value is -1.32. The van der Waals surface area contributed by atoms with Crippen molar-refractivity contribution in [3.05, 3.63) is 11.6 Å². The Morgan fingerprint density at radius 1 is 1.30 bits per heavy atom. The molecule has 2 fully saturated rings. The van der Waals surface area contributed by atoms with E-state index in [1.807, 2.05) is 4.90 Å². The van der Waals surface area contributed by atoms with Crippen LogP contribution >= 0.6 is 0 Å². The third kappa shape index (κ3) is 4.58. The number of rotatable bonds is 6. The molecule has 1 saturated carbocycles. The van der Waals surface area contributed by atoms with E-state index in [0.717, 1.165) is 38.8 Å². The van der Waals surface area contributed by atoms with E-state index in [2.05, 4.69) is 39.1 Å². The van der Waals surface area contributed by atoms with Gasteiger partial charge in [-0.15, -0.1) is 0 Å². The lowest BCUT2D eigenvalue weighted by atomic mass is 10.1. The van der Waals surface area contributed by atoms with Crippen LogP contribution in [0.5, 0.6) is 0 Å². The van der Waals surface area contributed by atoms with E-state index < -0.39 is 0 Å². The van der Waals surface area contributed by atoms with Crippen LogP contribution in [0.4, 0.5) is 0 Å². The number of hydrogen-bond acceptors (Lipinski definition) is 2. The van der Waals surface area contributed by atoms with Crippen molar-refractivity contribution in [2.24, 2.45) is 17.3 Å². The van der Waals surface area contributed by atoms with Gasteiger partial charge in [0.2, 0.25) is 11.8 Å². The minimum Gasteiger partial charge on any atom is -0.356 e. The molecule has 1 aliphatic heterocycles. The number of likely N-dealkylation sites (tertiary alicyclic amines) is 1. The van der Waals surface area contributed by atoms with Crippen LogP contribution < -0.4 is 5.32 Å². The van der Waals surface area contributed by atoms with Gasteiger partial charge in [-0.3, -0.25) is 9.59 Å². The maximum atomic E-state index is 12.4. The third-order valence-electron chi connectivity index (χ3n) is 5.28. The summed E-state index contributed by atoms with van der Waals surface area (Å²) < 4.78 is 0. The predicted molar refractivity (Wildman–Crippen MR) is 92.9 cm³/mol. The number of nitrogens with one attached hydrogen (secondary N) is 1. The monoisotopic (exact) mass is 320 g/mol. The second-order valence-corrected chi connectivity index (χ2v) is 7.90. The van der Waals surface area contributed by atoms with Crippen molar-refractivity contribution in [1.29, 1.82) is 0 Å². The topological polar surface area (TPSA) is 49.4 Å². The quantitative estimate of drug-likeness (QED) is 0.604. The smallest absolute Gasteiger partial charge is 0.224 e. The fourth-order valence-electron chi connectivity index (χ4n) is 3.72.